The molecule has 1 aliphatic heterocycles. The van der Waals surface area contributed by atoms with Gasteiger partial charge >= 0.3 is 0 Å². The maximum absolute atomic E-state index is 13.3. The Morgan fingerprint density at radius 2 is 1.77 bits per heavy atom. The number of rotatable bonds is 4. The smallest absolute Gasteiger partial charge is 0.243 e. The molecule has 2 aromatic rings. The molecule has 0 amide bonds. The molecule has 0 N–H and O–H groups in total. The summed E-state index contributed by atoms with van der Waals surface area (Å²) < 4.78 is 39.1. The highest BCUT2D eigenvalue weighted by Crippen LogP contribution is 2.31. The van der Waals surface area contributed by atoms with Gasteiger partial charge in [-0.3, -0.25) is 0 Å². The van der Waals surface area contributed by atoms with Crippen LogP contribution >= 0.6 is 11.6 Å². The first-order chi connectivity index (χ1) is 12.3. The van der Waals surface area contributed by atoms with Gasteiger partial charge in [0.05, 0.1) is 24.7 Å². The minimum atomic E-state index is -3.63. The van der Waals surface area contributed by atoms with Crippen LogP contribution in [0.4, 0.5) is 0 Å². The fraction of sp³-hybridized carbons (Fsp3) is 0.368. The first-order valence-electron chi connectivity index (χ1n) is 8.35. The van der Waals surface area contributed by atoms with E-state index in [9.17, 15) is 8.42 Å². The molecule has 1 fully saturated rings. The maximum Gasteiger partial charge on any atom is 0.243 e. The van der Waals surface area contributed by atoms with Crippen molar-refractivity contribution in [3.05, 3.63) is 58.1 Å². The molecule has 0 saturated carbocycles. The molecule has 5 nitrogen and oxygen atoms in total. The van der Waals surface area contributed by atoms with E-state index in [4.69, 9.17) is 21.1 Å². The number of hydrogen-bond donors (Lipinski definition) is 0. The monoisotopic (exact) mass is 395 g/mol. The third kappa shape index (κ3) is 3.74. The first-order valence-corrected chi connectivity index (χ1v) is 10.2. The molecule has 7 heteroatoms. The molecular formula is C19H22ClNO4S. The number of methoxy groups -OCH3 is 1. The second-order valence-electron chi connectivity index (χ2n) is 6.36. The molecular weight excluding hydrogens is 374 g/mol. The second-order valence-corrected chi connectivity index (χ2v) is 8.68. The molecule has 1 heterocycles. The summed E-state index contributed by atoms with van der Waals surface area (Å²) in [6, 6.07) is 10.8. The molecule has 1 unspecified atom stereocenters. The maximum atomic E-state index is 13.3. The quantitative estimate of drug-likeness (QED) is 0.791. The summed E-state index contributed by atoms with van der Waals surface area (Å²) in [6.45, 7) is 4.53. The van der Waals surface area contributed by atoms with E-state index in [0.717, 1.165) is 5.56 Å². The van der Waals surface area contributed by atoms with Gasteiger partial charge < -0.3 is 9.47 Å². The summed E-state index contributed by atoms with van der Waals surface area (Å²) in [6.07, 6.45) is -0.311. The van der Waals surface area contributed by atoms with Crippen molar-refractivity contribution in [2.75, 3.05) is 26.8 Å². The summed E-state index contributed by atoms with van der Waals surface area (Å²) in [5.41, 5.74) is 2.27. The molecule has 0 aliphatic carbocycles. The summed E-state index contributed by atoms with van der Waals surface area (Å²) in [7, 11) is -2.06. The number of benzene rings is 2. The van der Waals surface area contributed by atoms with Gasteiger partial charge in [0.2, 0.25) is 10.0 Å². The number of halogens is 1. The predicted octanol–water partition coefficient (Wildman–Crippen LogP) is 3.73. The Hall–Kier alpha value is -1.60. The van der Waals surface area contributed by atoms with Gasteiger partial charge in [-0.2, -0.15) is 4.31 Å². The van der Waals surface area contributed by atoms with Crippen LogP contribution in [-0.2, 0) is 14.8 Å². The lowest BCUT2D eigenvalue weighted by Gasteiger charge is -2.33. The van der Waals surface area contributed by atoms with Crippen LogP contribution in [0.3, 0.4) is 0 Å². The Morgan fingerprint density at radius 1 is 1.15 bits per heavy atom. The Balaban J connectivity index is 1.91. The Morgan fingerprint density at radius 3 is 2.35 bits per heavy atom. The fourth-order valence-electron chi connectivity index (χ4n) is 3.29. The van der Waals surface area contributed by atoms with Gasteiger partial charge in [0.25, 0.3) is 0 Å². The SMILES string of the molecule is COc1cc(C)c(S(=O)(=O)N2CCOC(c3ccc(Cl)cc3)C2)c(C)c1. The van der Waals surface area contributed by atoms with Crippen LogP contribution in [0.2, 0.25) is 5.02 Å². The predicted molar refractivity (Wildman–Crippen MR) is 101 cm³/mol. The average Bonchev–Trinajstić information content (AvgIpc) is 2.61. The molecule has 0 radical (unpaired) electrons. The van der Waals surface area contributed by atoms with Crippen molar-refractivity contribution >= 4 is 21.6 Å². The van der Waals surface area contributed by atoms with E-state index >= 15 is 0 Å². The van der Waals surface area contributed by atoms with E-state index < -0.39 is 10.0 Å². The molecule has 140 valence electrons. The van der Waals surface area contributed by atoms with E-state index in [-0.39, 0.29) is 12.6 Å². The number of sulfonamides is 1. The van der Waals surface area contributed by atoms with Crippen LogP contribution in [0, 0.1) is 13.8 Å². The van der Waals surface area contributed by atoms with E-state index in [1.165, 1.54) is 4.31 Å². The fourth-order valence-corrected chi connectivity index (χ4v) is 5.25. The molecule has 1 atom stereocenters. The van der Waals surface area contributed by atoms with Crippen LogP contribution < -0.4 is 4.74 Å². The van der Waals surface area contributed by atoms with Crippen molar-refractivity contribution in [1.82, 2.24) is 4.31 Å². The molecule has 26 heavy (non-hydrogen) atoms. The van der Waals surface area contributed by atoms with Crippen LogP contribution in [0.25, 0.3) is 0 Å². The molecule has 3 rings (SSSR count). The van der Waals surface area contributed by atoms with Crippen LogP contribution in [0.15, 0.2) is 41.3 Å². The van der Waals surface area contributed by atoms with Crippen molar-refractivity contribution in [2.24, 2.45) is 0 Å². The highest BCUT2D eigenvalue weighted by molar-refractivity contribution is 7.89. The van der Waals surface area contributed by atoms with Crippen molar-refractivity contribution in [3.8, 4) is 5.75 Å². The molecule has 1 aliphatic rings. The number of nitrogens with zero attached hydrogens (tertiary/aromatic N) is 1. The van der Waals surface area contributed by atoms with Crippen LogP contribution in [0.1, 0.15) is 22.8 Å². The average molecular weight is 396 g/mol. The second kappa shape index (κ2) is 7.56. The van der Waals surface area contributed by atoms with E-state index in [1.807, 2.05) is 12.1 Å². The van der Waals surface area contributed by atoms with Gasteiger partial charge in [0.1, 0.15) is 5.75 Å². The molecule has 0 bridgehead atoms. The van der Waals surface area contributed by atoms with E-state index in [2.05, 4.69) is 0 Å². The highest BCUT2D eigenvalue weighted by atomic mass is 35.5. The number of morpholine rings is 1. The van der Waals surface area contributed by atoms with Gasteiger partial charge in [-0.1, -0.05) is 23.7 Å². The zero-order chi connectivity index (χ0) is 18.9. The van der Waals surface area contributed by atoms with Gasteiger partial charge in [-0.05, 0) is 54.8 Å². The minimum absolute atomic E-state index is 0.273. The Labute approximate surface area is 159 Å². The van der Waals surface area contributed by atoms with Crippen molar-refractivity contribution < 1.29 is 17.9 Å². The third-order valence-electron chi connectivity index (χ3n) is 4.54. The summed E-state index contributed by atoms with van der Waals surface area (Å²) in [5.74, 6) is 0.653. The van der Waals surface area contributed by atoms with Crippen molar-refractivity contribution in [1.29, 1.82) is 0 Å². The summed E-state index contributed by atoms with van der Waals surface area (Å²) >= 11 is 5.93. The van der Waals surface area contributed by atoms with Crippen molar-refractivity contribution in [2.45, 2.75) is 24.8 Å². The van der Waals surface area contributed by atoms with E-state index in [0.29, 0.717) is 39.9 Å². The van der Waals surface area contributed by atoms with Gasteiger partial charge in [-0.25, -0.2) is 8.42 Å². The Kier molecular flexibility index (Phi) is 5.58. The third-order valence-corrected chi connectivity index (χ3v) is 6.96. The van der Waals surface area contributed by atoms with Gasteiger partial charge in [-0.15, -0.1) is 0 Å². The highest BCUT2D eigenvalue weighted by Gasteiger charge is 2.33. The summed E-state index contributed by atoms with van der Waals surface area (Å²) in [4.78, 5) is 0.343. The number of hydrogen-bond acceptors (Lipinski definition) is 4. The topological polar surface area (TPSA) is 55.8 Å². The zero-order valence-electron chi connectivity index (χ0n) is 15.0. The molecule has 2 aromatic carbocycles. The lowest BCUT2D eigenvalue weighted by atomic mass is 10.1. The lowest BCUT2D eigenvalue weighted by Crippen LogP contribution is -2.42. The zero-order valence-corrected chi connectivity index (χ0v) is 16.6. The largest absolute Gasteiger partial charge is 0.497 e. The standard InChI is InChI=1S/C19H22ClNO4S/c1-13-10-17(24-3)11-14(2)19(13)26(22,23)21-8-9-25-18(12-21)15-4-6-16(20)7-5-15/h4-7,10-11,18H,8-9,12H2,1-3H3. The van der Waals surface area contributed by atoms with E-state index in [1.54, 1.807) is 45.2 Å². The minimum Gasteiger partial charge on any atom is -0.497 e. The molecule has 0 spiro atoms. The molecule has 0 aromatic heterocycles. The lowest BCUT2D eigenvalue weighted by molar-refractivity contribution is -0.00257. The van der Waals surface area contributed by atoms with Gasteiger partial charge in [0.15, 0.2) is 0 Å². The number of aryl methyl sites for hydroxylation is 2. The summed E-state index contributed by atoms with van der Waals surface area (Å²) in [5, 5.41) is 0.638. The van der Waals surface area contributed by atoms with Crippen LogP contribution in [-0.4, -0.2) is 39.5 Å². The first kappa shape index (κ1) is 19.2. The Bertz CT molecular complexity index is 873. The molecule has 1 saturated heterocycles. The van der Waals surface area contributed by atoms with Gasteiger partial charge in [0, 0.05) is 18.1 Å². The van der Waals surface area contributed by atoms with Crippen molar-refractivity contribution in [3.63, 3.8) is 0 Å². The normalized spacial score (nSPS) is 18.7. The number of ether oxygens (including phenoxy) is 2. The van der Waals surface area contributed by atoms with Crippen LogP contribution in [0.5, 0.6) is 5.75 Å².